The van der Waals surface area contributed by atoms with Crippen molar-refractivity contribution in [3.63, 3.8) is 0 Å². The first-order chi connectivity index (χ1) is 22.7. The number of ether oxygens (including phenoxy) is 4. The molecule has 2 atom stereocenters. The van der Waals surface area contributed by atoms with E-state index in [9.17, 15) is 14.7 Å². The van der Waals surface area contributed by atoms with E-state index >= 15 is 0 Å². The molecule has 2 N–H and O–H groups in total. The molecule has 0 spiro atoms. The number of hydrogen-bond acceptors (Lipinski definition) is 8. The number of H-pyrrole nitrogens is 1. The molecule has 0 saturated carbocycles. The van der Waals surface area contributed by atoms with Crippen molar-refractivity contribution in [1.29, 1.82) is 0 Å². The standard InChI is InChI=1S/C37H48N2O8Si/c1-26-22-39(35(42)38-34(26)41)33(25-46-48(7,8)36(2,3)4)47-32(23-40)24-45-37(27-12-10-9-11-13-27,28-14-18-30(43-5)19-15-28)29-16-20-31(44-6)21-17-29/h9-22,32-33,40H,23-25H2,1-8H3,(H,38,41,42)/t32-,33+/m0/s1. The van der Waals surface area contributed by atoms with Crippen LogP contribution in [0, 0.1) is 6.92 Å². The monoisotopic (exact) mass is 676 g/mol. The van der Waals surface area contributed by atoms with Gasteiger partial charge in [-0.3, -0.25) is 14.3 Å². The van der Waals surface area contributed by atoms with E-state index in [1.54, 1.807) is 21.1 Å². The van der Waals surface area contributed by atoms with E-state index < -0.39 is 44.1 Å². The summed E-state index contributed by atoms with van der Waals surface area (Å²) in [7, 11) is 0.946. The van der Waals surface area contributed by atoms with Gasteiger partial charge in [-0.05, 0) is 66.0 Å². The van der Waals surface area contributed by atoms with Gasteiger partial charge in [-0.2, -0.15) is 0 Å². The summed E-state index contributed by atoms with van der Waals surface area (Å²) in [6, 6.07) is 25.1. The number of aliphatic hydroxyl groups excluding tert-OH is 1. The fraction of sp³-hybridized carbons (Fsp3) is 0.405. The summed E-state index contributed by atoms with van der Waals surface area (Å²) in [4.78, 5) is 27.7. The molecule has 3 aromatic carbocycles. The number of hydrogen-bond donors (Lipinski definition) is 2. The number of aromatic amines is 1. The Morgan fingerprint density at radius 2 is 1.33 bits per heavy atom. The Kier molecular flexibility index (Phi) is 11.9. The molecular formula is C37H48N2O8Si. The van der Waals surface area contributed by atoms with Crippen LogP contribution in [0.3, 0.4) is 0 Å². The second-order valence-corrected chi connectivity index (χ2v) is 18.1. The summed E-state index contributed by atoms with van der Waals surface area (Å²) in [5.41, 5.74) is 0.575. The molecule has 258 valence electrons. The molecule has 1 heterocycles. The van der Waals surface area contributed by atoms with Gasteiger partial charge in [0.2, 0.25) is 0 Å². The SMILES string of the molecule is COc1ccc(C(OC[C@H](CO)O[C@H](CO[Si](C)(C)C(C)(C)C)n2cc(C)c(=O)[nH]c2=O)(c2ccccc2)c2ccc(OC)cc2)cc1. The van der Waals surface area contributed by atoms with Gasteiger partial charge in [0.1, 0.15) is 23.2 Å². The smallest absolute Gasteiger partial charge is 0.330 e. The molecule has 11 heteroatoms. The highest BCUT2D eigenvalue weighted by molar-refractivity contribution is 6.74. The molecule has 48 heavy (non-hydrogen) atoms. The van der Waals surface area contributed by atoms with E-state index in [4.69, 9.17) is 23.4 Å². The van der Waals surface area contributed by atoms with Gasteiger partial charge in [0, 0.05) is 11.8 Å². The molecule has 0 aliphatic rings. The second kappa shape index (κ2) is 15.5. The lowest BCUT2D eigenvalue weighted by atomic mass is 9.80. The van der Waals surface area contributed by atoms with Crippen LogP contribution in [-0.2, 0) is 19.5 Å². The van der Waals surface area contributed by atoms with E-state index in [0.29, 0.717) is 17.1 Å². The lowest BCUT2D eigenvalue weighted by Crippen LogP contribution is -2.45. The molecule has 0 saturated heterocycles. The third kappa shape index (κ3) is 8.16. The Hall–Kier alpha value is -4.00. The molecule has 0 bridgehead atoms. The lowest BCUT2D eigenvalue weighted by molar-refractivity contribution is -0.137. The Bertz CT molecular complexity index is 1680. The Morgan fingerprint density at radius 3 is 1.81 bits per heavy atom. The van der Waals surface area contributed by atoms with E-state index in [-0.39, 0.29) is 18.3 Å². The van der Waals surface area contributed by atoms with Crippen molar-refractivity contribution in [3.05, 3.63) is 128 Å². The van der Waals surface area contributed by atoms with Crippen molar-refractivity contribution in [3.8, 4) is 11.5 Å². The number of aliphatic hydroxyl groups is 1. The average Bonchev–Trinajstić information content (AvgIpc) is 3.08. The lowest BCUT2D eigenvalue weighted by Gasteiger charge is -2.39. The summed E-state index contributed by atoms with van der Waals surface area (Å²) in [5.74, 6) is 1.39. The van der Waals surface area contributed by atoms with Gasteiger partial charge in [0.15, 0.2) is 14.5 Å². The highest BCUT2D eigenvalue weighted by Gasteiger charge is 2.40. The Balaban J connectivity index is 1.77. The summed E-state index contributed by atoms with van der Waals surface area (Å²) in [6.45, 7) is 11.7. The zero-order valence-electron chi connectivity index (χ0n) is 29.1. The van der Waals surface area contributed by atoms with Crippen LogP contribution in [0.5, 0.6) is 11.5 Å². The van der Waals surface area contributed by atoms with Crippen molar-refractivity contribution >= 4 is 8.32 Å². The third-order valence-corrected chi connectivity index (χ3v) is 13.6. The fourth-order valence-electron chi connectivity index (χ4n) is 5.13. The molecule has 0 fully saturated rings. The molecule has 0 aliphatic carbocycles. The predicted molar refractivity (Wildman–Crippen MR) is 188 cm³/mol. The number of aryl methyl sites for hydroxylation is 1. The van der Waals surface area contributed by atoms with Gasteiger partial charge >= 0.3 is 5.69 Å². The normalized spacial score (nSPS) is 13.6. The van der Waals surface area contributed by atoms with Crippen LogP contribution in [0.15, 0.2) is 94.6 Å². The largest absolute Gasteiger partial charge is 0.497 e. The molecule has 4 aromatic rings. The quantitative estimate of drug-likeness (QED) is 0.120. The van der Waals surface area contributed by atoms with E-state index in [1.165, 1.54) is 10.8 Å². The average molecular weight is 677 g/mol. The maximum atomic E-state index is 13.1. The van der Waals surface area contributed by atoms with Crippen molar-refractivity contribution in [2.24, 2.45) is 0 Å². The van der Waals surface area contributed by atoms with Crippen LogP contribution in [0.4, 0.5) is 0 Å². The summed E-state index contributed by atoms with van der Waals surface area (Å²) in [6.07, 6.45) is -0.396. The van der Waals surface area contributed by atoms with Crippen LogP contribution in [0.2, 0.25) is 18.1 Å². The number of nitrogens with one attached hydrogen (secondary N) is 1. The van der Waals surface area contributed by atoms with Gasteiger partial charge in [0.25, 0.3) is 5.56 Å². The Labute approximate surface area is 283 Å². The van der Waals surface area contributed by atoms with Gasteiger partial charge in [-0.1, -0.05) is 75.4 Å². The van der Waals surface area contributed by atoms with Crippen molar-refractivity contribution in [2.75, 3.05) is 34.0 Å². The van der Waals surface area contributed by atoms with Crippen LogP contribution in [0.1, 0.15) is 49.3 Å². The number of methoxy groups -OCH3 is 2. The fourth-order valence-corrected chi connectivity index (χ4v) is 6.12. The molecule has 0 radical (unpaired) electrons. The zero-order chi connectivity index (χ0) is 35.1. The van der Waals surface area contributed by atoms with Gasteiger partial charge in [-0.15, -0.1) is 0 Å². The molecule has 10 nitrogen and oxygen atoms in total. The van der Waals surface area contributed by atoms with Crippen molar-refractivity contribution < 1.29 is 28.5 Å². The second-order valence-electron chi connectivity index (χ2n) is 13.3. The highest BCUT2D eigenvalue weighted by atomic mass is 28.4. The Morgan fingerprint density at radius 1 is 0.812 bits per heavy atom. The van der Waals surface area contributed by atoms with Crippen LogP contribution >= 0.6 is 0 Å². The topological polar surface area (TPSA) is 121 Å². The number of aromatic nitrogens is 2. The van der Waals surface area contributed by atoms with Gasteiger partial charge in [-0.25, -0.2) is 4.79 Å². The maximum Gasteiger partial charge on any atom is 0.330 e. The molecule has 0 unspecified atom stereocenters. The first kappa shape index (κ1) is 36.8. The summed E-state index contributed by atoms with van der Waals surface area (Å²) in [5, 5.41) is 10.6. The molecule has 0 amide bonds. The van der Waals surface area contributed by atoms with Gasteiger partial charge in [0.05, 0.1) is 34.0 Å². The van der Waals surface area contributed by atoms with Crippen molar-refractivity contribution in [2.45, 2.75) is 63.8 Å². The minimum atomic E-state index is -2.28. The molecule has 0 aliphatic heterocycles. The molecule has 1 aromatic heterocycles. The minimum Gasteiger partial charge on any atom is -0.497 e. The van der Waals surface area contributed by atoms with Crippen LogP contribution in [0.25, 0.3) is 0 Å². The van der Waals surface area contributed by atoms with Crippen LogP contribution in [-0.4, -0.2) is 63.1 Å². The zero-order valence-corrected chi connectivity index (χ0v) is 30.1. The third-order valence-electron chi connectivity index (χ3n) is 9.06. The molecular weight excluding hydrogens is 628 g/mol. The van der Waals surface area contributed by atoms with Crippen LogP contribution < -0.4 is 20.7 Å². The van der Waals surface area contributed by atoms with E-state index in [2.05, 4.69) is 38.8 Å². The maximum absolute atomic E-state index is 13.1. The number of nitrogens with zero attached hydrogens (tertiary/aromatic N) is 1. The molecule has 4 rings (SSSR count). The van der Waals surface area contributed by atoms with E-state index in [0.717, 1.165) is 16.7 Å². The van der Waals surface area contributed by atoms with Crippen molar-refractivity contribution in [1.82, 2.24) is 9.55 Å². The highest BCUT2D eigenvalue weighted by Crippen LogP contribution is 2.42. The number of rotatable bonds is 15. The first-order valence-corrected chi connectivity index (χ1v) is 18.9. The predicted octanol–water partition coefficient (Wildman–Crippen LogP) is 5.77. The minimum absolute atomic E-state index is 0.0270. The van der Waals surface area contributed by atoms with Gasteiger partial charge < -0.3 is 28.5 Å². The first-order valence-electron chi connectivity index (χ1n) is 16.0. The number of benzene rings is 3. The summed E-state index contributed by atoms with van der Waals surface area (Å²) < 4.78 is 32.1. The van der Waals surface area contributed by atoms with E-state index in [1.807, 2.05) is 78.9 Å². The summed E-state index contributed by atoms with van der Waals surface area (Å²) >= 11 is 0.